The molecule has 0 heterocycles. The van der Waals surface area contributed by atoms with Gasteiger partial charge in [-0.1, -0.05) is 30.3 Å². The summed E-state index contributed by atoms with van der Waals surface area (Å²) >= 11 is 2.32. The maximum Gasteiger partial charge on any atom is 0.0130 e. The zero-order chi connectivity index (χ0) is 7.68. The summed E-state index contributed by atoms with van der Waals surface area (Å²) in [4.78, 5) is 0. The highest BCUT2D eigenvalue weighted by Gasteiger charge is 1.96. The number of fused-ring (bicyclic) bond motifs is 1. The molecule has 2 aliphatic carbocycles. The molecule has 54 valence electrons. The lowest BCUT2D eigenvalue weighted by molar-refractivity contribution is 1.77. The van der Waals surface area contributed by atoms with Crippen molar-refractivity contribution in [3.63, 3.8) is 0 Å². The molecule has 0 unspecified atom stereocenters. The summed E-state index contributed by atoms with van der Waals surface area (Å²) in [6.45, 7) is 0. The van der Waals surface area contributed by atoms with Crippen molar-refractivity contribution < 1.29 is 0 Å². The Labute approximate surface area is 79.7 Å². The van der Waals surface area contributed by atoms with E-state index >= 15 is 0 Å². The van der Waals surface area contributed by atoms with Crippen LogP contribution in [-0.2, 0) is 0 Å². The van der Waals surface area contributed by atoms with Gasteiger partial charge in [0.1, 0.15) is 0 Å². The molecule has 0 radical (unpaired) electrons. The van der Waals surface area contributed by atoms with Crippen LogP contribution in [0.5, 0.6) is 0 Å². The van der Waals surface area contributed by atoms with Gasteiger partial charge in [-0.05, 0) is 45.9 Å². The average Bonchev–Trinajstić information content (AvgIpc) is 2.38. The summed E-state index contributed by atoms with van der Waals surface area (Å²) in [5.74, 6) is 0. The zero-order valence-electron chi connectivity index (χ0n) is 5.92. The molecule has 0 aliphatic heterocycles. The van der Waals surface area contributed by atoms with Gasteiger partial charge in [0.15, 0.2) is 0 Å². The Hall–Kier alpha value is -0.570. The minimum Gasteiger partial charge on any atom is -0.0610 e. The lowest BCUT2D eigenvalue weighted by Crippen LogP contribution is -1.59. The highest BCUT2D eigenvalue weighted by Crippen LogP contribution is 2.21. The highest BCUT2D eigenvalue weighted by atomic mass is 127. The first-order valence-electron chi connectivity index (χ1n) is 3.50. The third-order valence-corrected chi connectivity index (χ3v) is 2.45. The molecule has 1 heteroatoms. The second-order valence-corrected chi connectivity index (χ2v) is 3.73. The summed E-state index contributed by atoms with van der Waals surface area (Å²) in [5.41, 5.74) is 2.63. The SMILES string of the molecule is Ic1ccc2cccc-2cc1. The van der Waals surface area contributed by atoms with Gasteiger partial charge in [0.25, 0.3) is 0 Å². The van der Waals surface area contributed by atoms with E-state index in [0.29, 0.717) is 0 Å². The standard InChI is InChI=1S/C10H7I/c11-10-6-4-8-2-1-3-9(8)5-7-10/h1-7H. The normalized spacial score (nSPS) is 10.3. The molecular weight excluding hydrogens is 247 g/mol. The van der Waals surface area contributed by atoms with Crippen LogP contribution in [0.15, 0.2) is 42.5 Å². The fourth-order valence-electron chi connectivity index (χ4n) is 1.15. The van der Waals surface area contributed by atoms with Gasteiger partial charge in [0.05, 0.1) is 0 Å². The van der Waals surface area contributed by atoms with Gasteiger partial charge in [-0.15, -0.1) is 0 Å². The van der Waals surface area contributed by atoms with Crippen molar-refractivity contribution in [1.82, 2.24) is 0 Å². The summed E-state index contributed by atoms with van der Waals surface area (Å²) in [5, 5.41) is 0. The molecule has 0 atom stereocenters. The minimum atomic E-state index is 1.28. The van der Waals surface area contributed by atoms with Crippen LogP contribution >= 0.6 is 22.6 Å². The van der Waals surface area contributed by atoms with Gasteiger partial charge < -0.3 is 0 Å². The highest BCUT2D eigenvalue weighted by molar-refractivity contribution is 14.1. The van der Waals surface area contributed by atoms with Crippen molar-refractivity contribution >= 4 is 22.6 Å². The van der Waals surface area contributed by atoms with Gasteiger partial charge in [-0.2, -0.15) is 0 Å². The van der Waals surface area contributed by atoms with Gasteiger partial charge in [-0.3, -0.25) is 0 Å². The molecule has 0 saturated heterocycles. The fraction of sp³-hybridized carbons (Fsp3) is 0. The maximum atomic E-state index is 2.32. The van der Waals surface area contributed by atoms with Gasteiger partial charge in [-0.25, -0.2) is 0 Å². The number of halogens is 1. The molecule has 2 aliphatic rings. The summed E-state index contributed by atoms with van der Waals surface area (Å²) < 4.78 is 1.28. The van der Waals surface area contributed by atoms with E-state index in [-0.39, 0.29) is 0 Å². The predicted octanol–water partition coefficient (Wildman–Crippen LogP) is 3.40. The van der Waals surface area contributed by atoms with E-state index in [1.54, 1.807) is 0 Å². The molecule has 2 rings (SSSR count). The first kappa shape index (κ1) is 7.10. The van der Waals surface area contributed by atoms with Crippen LogP contribution in [0.4, 0.5) is 0 Å². The Kier molecular flexibility index (Phi) is 1.82. The molecule has 0 aromatic rings. The molecule has 0 spiro atoms. The summed E-state index contributed by atoms with van der Waals surface area (Å²) in [7, 11) is 0. The minimum absolute atomic E-state index is 1.28. The molecule has 11 heavy (non-hydrogen) atoms. The number of rotatable bonds is 0. The van der Waals surface area contributed by atoms with Crippen molar-refractivity contribution in [2.24, 2.45) is 0 Å². The monoisotopic (exact) mass is 254 g/mol. The molecule has 0 aromatic heterocycles. The molecule has 0 saturated carbocycles. The molecule has 0 nitrogen and oxygen atoms in total. The molecule has 0 amide bonds. The predicted molar refractivity (Wildman–Crippen MR) is 55.8 cm³/mol. The Morgan fingerprint density at radius 1 is 0.727 bits per heavy atom. The van der Waals surface area contributed by atoms with Crippen LogP contribution in [0.25, 0.3) is 11.1 Å². The smallest absolute Gasteiger partial charge is 0.0130 e. The third-order valence-electron chi connectivity index (χ3n) is 1.73. The maximum absolute atomic E-state index is 2.32. The Bertz CT molecular complexity index is 310. The van der Waals surface area contributed by atoms with Gasteiger partial charge in [0.2, 0.25) is 0 Å². The number of hydrogen-bond acceptors (Lipinski definition) is 0. The van der Waals surface area contributed by atoms with E-state index in [9.17, 15) is 0 Å². The Balaban J connectivity index is 2.71. The van der Waals surface area contributed by atoms with Crippen molar-refractivity contribution in [1.29, 1.82) is 0 Å². The van der Waals surface area contributed by atoms with Crippen LogP contribution in [0.1, 0.15) is 0 Å². The first-order valence-corrected chi connectivity index (χ1v) is 4.58. The molecular formula is C10H7I. The molecule has 0 aromatic carbocycles. The third kappa shape index (κ3) is 1.38. The molecule has 0 bridgehead atoms. The van der Waals surface area contributed by atoms with Crippen LogP contribution < -0.4 is 0 Å². The van der Waals surface area contributed by atoms with Crippen LogP contribution in [0, 0.1) is 3.57 Å². The van der Waals surface area contributed by atoms with Gasteiger partial charge in [0, 0.05) is 3.57 Å². The van der Waals surface area contributed by atoms with Crippen molar-refractivity contribution in [3.8, 4) is 11.1 Å². The largest absolute Gasteiger partial charge is 0.0610 e. The number of hydrogen-bond donors (Lipinski definition) is 0. The Morgan fingerprint density at radius 2 is 1.27 bits per heavy atom. The Morgan fingerprint density at radius 3 is 1.82 bits per heavy atom. The van der Waals surface area contributed by atoms with Crippen molar-refractivity contribution in [2.45, 2.75) is 0 Å². The topological polar surface area (TPSA) is 0 Å². The van der Waals surface area contributed by atoms with Crippen LogP contribution in [0.2, 0.25) is 0 Å². The average molecular weight is 254 g/mol. The van der Waals surface area contributed by atoms with E-state index in [1.807, 2.05) is 0 Å². The van der Waals surface area contributed by atoms with Crippen LogP contribution in [0.3, 0.4) is 0 Å². The molecule has 0 fully saturated rings. The van der Waals surface area contributed by atoms with Crippen molar-refractivity contribution in [3.05, 3.63) is 46.0 Å². The van der Waals surface area contributed by atoms with E-state index in [0.717, 1.165) is 0 Å². The van der Waals surface area contributed by atoms with E-state index < -0.39 is 0 Å². The van der Waals surface area contributed by atoms with Gasteiger partial charge >= 0.3 is 0 Å². The molecule has 0 N–H and O–H groups in total. The van der Waals surface area contributed by atoms with Crippen LogP contribution in [-0.4, -0.2) is 0 Å². The second-order valence-electron chi connectivity index (χ2n) is 2.49. The lowest BCUT2D eigenvalue weighted by atomic mass is 10.2. The first-order chi connectivity index (χ1) is 5.36. The summed E-state index contributed by atoms with van der Waals surface area (Å²) in [6.07, 6.45) is 0. The van der Waals surface area contributed by atoms with E-state index in [4.69, 9.17) is 0 Å². The lowest BCUT2D eigenvalue weighted by Gasteiger charge is -1.85. The van der Waals surface area contributed by atoms with Crippen molar-refractivity contribution in [2.75, 3.05) is 0 Å². The second kappa shape index (κ2) is 2.81. The van der Waals surface area contributed by atoms with E-state index in [2.05, 4.69) is 65.1 Å². The van der Waals surface area contributed by atoms with E-state index in [1.165, 1.54) is 14.7 Å². The quantitative estimate of drug-likeness (QED) is 0.632. The summed E-state index contributed by atoms with van der Waals surface area (Å²) in [6, 6.07) is 14.9. The fourth-order valence-corrected chi connectivity index (χ4v) is 1.51. The zero-order valence-corrected chi connectivity index (χ0v) is 8.08.